The van der Waals surface area contributed by atoms with E-state index in [9.17, 15) is 0 Å². The zero-order valence-electron chi connectivity index (χ0n) is 1.21. The van der Waals surface area contributed by atoms with Gasteiger partial charge in [-0.1, -0.05) is 0 Å². The van der Waals surface area contributed by atoms with Crippen LogP contribution in [0.5, 0.6) is 0 Å². The predicted molar refractivity (Wildman–Crippen MR) is 0 cm³/mol. The van der Waals surface area contributed by atoms with Crippen molar-refractivity contribution in [2.24, 2.45) is 0 Å². The number of hydrogen-bond acceptors (Lipinski definition) is 0. The normalized spacial score (nSPS) is 0. The van der Waals surface area contributed by atoms with Gasteiger partial charge in [0, 0.05) is 73.6 Å². The van der Waals surface area contributed by atoms with Crippen molar-refractivity contribution in [1.29, 1.82) is 0 Å². The topological polar surface area (TPSA) is 0 Å². The van der Waals surface area contributed by atoms with Crippen molar-refractivity contribution < 1.29 is 73.6 Å². The summed E-state index contributed by atoms with van der Waals surface area (Å²) in [5.74, 6) is 0. The van der Waals surface area contributed by atoms with E-state index in [1.54, 1.807) is 0 Å². The van der Waals surface area contributed by atoms with Gasteiger partial charge in [-0.3, -0.25) is 0 Å². The van der Waals surface area contributed by atoms with Gasteiger partial charge in [-0.25, -0.2) is 0 Å². The van der Waals surface area contributed by atoms with Gasteiger partial charge in [0.05, 0.1) is 0 Å². The van der Waals surface area contributed by atoms with Gasteiger partial charge in [-0.15, -0.1) is 0 Å². The van der Waals surface area contributed by atoms with Crippen LogP contribution in [0.15, 0.2) is 0 Å². The Balaban J connectivity index is 0. The Morgan fingerprint density at radius 2 is 0.500 bits per heavy atom. The second-order valence-corrected chi connectivity index (χ2v) is 0. The molecule has 0 fully saturated rings. The molecule has 4 heavy (non-hydrogen) atoms. The summed E-state index contributed by atoms with van der Waals surface area (Å²) in [6.45, 7) is 0. The van der Waals surface area contributed by atoms with Crippen molar-refractivity contribution in [2.45, 2.75) is 0 Å². The standard InChI is InChI=1S/Au.3Cu. The fourth-order valence-electron chi connectivity index (χ4n) is 0. The minimum atomic E-state index is 0. The van der Waals surface area contributed by atoms with Gasteiger partial charge in [0.1, 0.15) is 0 Å². The molecule has 0 aromatic heterocycles. The Kier molecular flexibility index (Phi) is 155. The maximum atomic E-state index is 0. The minimum Gasteiger partial charge on any atom is 0 e. The largest absolute Gasteiger partial charge is 0 e. The first-order chi connectivity index (χ1) is 0. The Hall–Kier alpha value is 2.30. The van der Waals surface area contributed by atoms with Crippen LogP contribution in [0.2, 0.25) is 0 Å². The molecule has 0 aliphatic heterocycles. The first-order valence-corrected chi connectivity index (χ1v) is 0. The summed E-state index contributed by atoms with van der Waals surface area (Å²) >= 11 is 0. The minimum absolute atomic E-state index is 0. The molecule has 4 radical (unpaired) electrons. The van der Waals surface area contributed by atoms with Gasteiger partial charge >= 0.3 is 0 Å². The third-order valence-electron chi connectivity index (χ3n) is 0. The third kappa shape index (κ3) is 8.85. The second kappa shape index (κ2) is 18.5. The summed E-state index contributed by atoms with van der Waals surface area (Å²) < 4.78 is 0. The van der Waals surface area contributed by atoms with Crippen LogP contribution < -0.4 is 0 Å². The Labute approximate surface area is 72.8 Å². The molecular formula is AuCu3. The molecule has 0 N–H and O–H groups in total. The zero-order chi connectivity index (χ0) is 0. The van der Waals surface area contributed by atoms with Crippen molar-refractivity contribution in [2.75, 3.05) is 0 Å². The average molecular weight is 388 g/mol. The number of hydrogen-bond donors (Lipinski definition) is 0. The molecule has 0 nitrogen and oxygen atoms in total. The molecule has 0 aromatic carbocycles. The van der Waals surface area contributed by atoms with E-state index < -0.39 is 0 Å². The maximum Gasteiger partial charge on any atom is 0 e. The molecule has 0 aliphatic carbocycles. The van der Waals surface area contributed by atoms with E-state index in [2.05, 4.69) is 0 Å². The summed E-state index contributed by atoms with van der Waals surface area (Å²) in [5.41, 5.74) is 0. The van der Waals surface area contributed by atoms with E-state index in [-0.39, 0.29) is 73.6 Å². The molecule has 0 bridgehead atoms. The second-order valence-electron chi connectivity index (χ2n) is 0. The van der Waals surface area contributed by atoms with Gasteiger partial charge in [0.2, 0.25) is 0 Å². The van der Waals surface area contributed by atoms with Crippen molar-refractivity contribution in [3.63, 3.8) is 0 Å². The summed E-state index contributed by atoms with van der Waals surface area (Å²) in [7, 11) is 0. The molecule has 0 rings (SSSR count). The smallest absolute Gasteiger partial charge is 0 e. The summed E-state index contributed by atoms with van der Waals surface area (Å²) in [5, 5.41) is 0. The zero-order valence-corrected chi connectivity index (χ0v) is 6.20. The van der Waals surface area contributed by atoms with E-state index in [4.69, 9.17) is 0 Å². The van der Waals surface area contributed by atoms with E-state index >= 15 is 0 Å². The molecule has 0 saturated carbocycles. The fourth-order valence-corrected chi connectivity index (χ4v) is 0. The van der Waals surface area contributed by atoms with Crippen molar-refractivity contribution in [3.8, 4) is 0 Å². The quantitative estimate of drug-likeness (QED) is 0.513. The molecule has 0 amide bonds. The maximum absolute atomic E-state index is 0. The van der Waals surface area contributed by atoms with Gasteiger partial charge < -0.3 is 0 Å². The van der Waals surface area contributed by atoms with Crippen LogP contribution in [0.4, 0.5) is 0 Å². The predicted octanol–water partition coefficient (Wildman–Crippen LogP) is -0.0100. The SMILES string of the molecule is [Au].[Cu].[Cu].[Cu]. The first kappa shape index (κ1) is 33.5. The van der Waals surface area contributed by atoms with Crippen LogP contribution in [0.1, 0.15) is 0 Å². The molecule has 0 unspecified atom stereocenters. The Morgan fingerprint density at radius 3 is 0.500 bits per heavy atom. The first-order valence-electron chi connectivity index (χ1n) is 0. The van der Waals surface area contributed by atoms with Crippen LogP contribution in [0, 0.1) is 0 Å². The molecule has 0 heterocycles. The summed E-state index contributed by atoms with van der Waals surface area (Å²) in [6, 6.07) is 0. The van der Waals surface area contributed by atoms with Gasteiger partial charge in [-0.2, -0.15) is 0 Å². The van der Waals surface area contributed by atoms with Gasteiger partial charge in [0.15, 0.2) is 0 Å². The molecule has 0 aromatic rings. The molecule has 0 spiro atoms. The average Bonchev–Trinajstić information content (AvgIpc) is 0. The van der Waals surface area contributed by atoms with E-state index in [1.807, 2.05) is 0 Å². The van der Waals surface area contributed by atoms with Crippen molar-refractivity contribution >= 4 is 0 Å². The summed E-state index contributed by atoms with van der Waals surface area (Å²) in [4.78, 5) is 0. The molecular weight excluding hydrogens is 388 g/mol. The van der Waals surface area contributed by atoms with Crippen LogP contribution >= 0.6 is 0 Å². The van der Waals surface area contributed by atoms with Crippen LogP contribution in [0.25, 0.3) is 0 Å². The Bertz CT molecular complexity index is 3.25. The Morgan fingerprint density at radius 1 is 0.500 bits per heavy atom. The fraction of sp³-hybridized carbons (Fsp3) is 0. The van der Waals surface area contributed by atoms with Crippen LogP contribution in [0.3, 0.4) is 0 Å². The van der Waals surface area contributed by atoms with E-state index in [0.29, 0.717) is 0 Å². The third-order valence-corrected chi connectivity index (χ3v) is 0. The van der Waals surface area contributed by atoms with Crippen molar-refractivity contribution in [3.05, 3.63) is 0 Å². The van der Waals surface area contributed by atoms with Crippen molar-refractivity contribution in [1.82, 2.24) is 0 Å². The summed E-state index contributed by atoms with van der Waals surface area (Å²) in [6.07, 6.45) is 0. The van der Waals surface area contributed by atoms with Crippen LogP contribution in [-0.4, -0.2) is 0 Å². The molecule has 0 atom stereocenters. The molecule has 0 saturated heterocycles. The van der Waals surface area contributed by atoms with E-state index in [1.165, 1.54) is 0 Å². The molecule has 4 heteroatoms. The molecule has 0 aliphatic rings. The monoisotopic (exact) mass is 386 g/mol. The van der Waals surface area contributed by atoms with Gasteiger partial charge in [-0.05, 0) is 0 Å². The molecule has 44 valence electrons. The van der Waals surface area contributed by atoms with E-state index in [0.717, 1.165) is 0 Å². The van der Waals surface area contributed by atoms with Crippen LogP contribution in [-0.2, 0) is 73.6 Å². The van der Waals surface area contributed by atoms with Gasteiger partial charge in [0.25, 0.3) is 0 Å². The number of rotatable bonds is 0.